The Morgan fingerprint density at radius 3 is 2.62 bits per heavy atom. The minimum absolute atomic E-state index is 0.463. The summed E-state index contributed by atoms with van der Waals surface area (Å²) in [6.07, 6.45) is 14.9. The van der Waals surface area contributed by atoms with Crippen molar-refractivity contribution in [1.29, 1.82) is 0 Å². The molecular weight excluding hydrogens is 296 g/mol. The molecule has 0 bridgehead atoms. The molecule has 2 heterocycles. The number of hydrogen-bond donors (Lipinski definition) is 0. The lowest BCUT2D eigenvalue weighted by Crippen LogP contribution is -2.21. The van der Waals surface area contributed by atoms with Gasteiger partial charge in [-0.15, -0.1) is 0 Å². The molecular formula is C21H22N2O. The molecule has 4 rings (SSSR count). The monoisotopic (exact) mass is 318 g/mol. The fraction of sp³-hybridized carbons (Fsp3) is 0.333. The van der Waals surface area contributed by atoms with Crippen LogP contribution in [0, 0.1) is 5.92 Å². The van der Waals surface area contributed by atoms with Crippen molar-refractivity contribution in [2.75, 3.05) is 6.61 Å². The van der Waals surface area contributed by atoms with Crippen molar-refractivity contribution >= 4 is 6.21 Å². The Morgan fingerprint density at radius 1 is 1.04 bits per heavy atom. The van der Waals surface area contributed by atoms with Gasteiger partial charge in [-0.2, -0.15) is 0 Å². The third kappa shape index (κ3) is 2.86. The maximum absolute atomic E-state index is 6.08. The van der Waals surface area contributed by atoms with E-state index in [1.54, 1.807) is 0 Å². The Morgan fingerprint density at radius 2 is 1.88 bits per heavy atom. The standard InChI is InChI=1S/C21H22N2O/c1-2-6-17(5-1)16-24-20-8-3-7-19(15-20)21(11-4-12-23-21)18-9-13-22-14-10-18/h3-4,7-15,17H,1-2,5-6,16H2. The topological polar surface area (TPSA) is 34.5 Å². The van der Waals surface area contributed by atoms with Gasteiger partial charge in [0.25, 0.3) is 0 Å². The number of rotatable bonds is 5. The van der Waals surface area contributed by atoms with E-state index in [0.29, 0.717) is 5.92 Å². The average Bonchev–Trinajstić information content (AvgIpc) is 3.34. The number of aromatic nitrogens is 1. The maximum Gasteiger partial charge on any atom is 0.129 e. The molecule has 0 N–H and O–H groups in total. The van der Waals surface area contributed by atoms with E-state index in [1.165, 1.54) is 25.7 Å². The lowest BCUT2D eigenvalue weighted by molar-refractivity contribution is 0.252. The number of hydrogen-bond acceptors (Lipinski definition) is 3. The predicted molar refractivity (Wildman–Crippen MR) is 96.5 cm³/mol. The van der Waals surface area contributed by atoms with Crippen LogP contribution in [0.5, 0.6) is 5.75 Å². The molecule has 3 nitrogen and oxygen atoms in total. The molecule has 1 aromatic heterocycles. The fourth-order valence-corrected chi connectivity index (χ4v) is 3.71. The Balaban J connectivity index is 1.61. The molecule has 0 spiro atoms. The molecule has 122 valence electrons. The minimum atomic E-state index is -0.463. The number of nitrogens with zero attached hydrogens (tertiary/aromatic N) is 2. The van der Waals surface area contributed by atoms with E-state index in [4.69, 9.17) is 9.73 Å². The zero-order valence-electron chi connectivity index (χ0n) is 13.8. The van der Waals surface area contributed by atoms with E-state index in [-0.39, 0.29) is 0 Å². The summed E-state index contributed by atoms with van der Waals surface area (Å²) in [6, 6.07) is 12.4. The Labute approximate surface area is 143 Å². The van der Waals surface area contributed by atoms with Crippen LogP contribution in [0.1, 0.15) is 36.8 Å². The van der Waals surface area contributed by atoms with Crippen molar-refractivity contribution in [2.24, 2.45) is 10.9 Å². The van der Waals surface area contributed by atoms with E-state index in [0.717, 1.165) is 23.5 Å². The number of aliphatic imine (C=N–C) groups is 1. The van der Waals surface area contributed by atoms with Crippen LogP contribution in [0.15, 0.2) is 65.9 Å². The van der Waals surface area contributed by atoms with Crippen molar-refractivity contribution in [3.05, 3.63) is 72.1 Å². The largest absolute Gasteiger partial charge is 0.493 e. The first kappa shape index (κ1) is 15.1. The first-order valence-corrected chi connectivity index (χ1v) is 8.74. The van der Waals surface area contributed by atoms with Crippen LogP contribution in [0.4, 0.5) is 0 Å². The predicted octanol–water partition coefficient (Wildman–Crippen LogP) is 4.53. The summed E-state index contributed by atoms with van der Waals surface area (Å²) in [5, 5.41) is 0. The molecule has 0 saturated heterocycles. The van der Waals surface area contributed by atoms with Gasteiger partial charge >= 0.3 is 0 Å². The van der Waals surface area contributed by atoms with Gasteiger partial charge in [-0.1, -0.05) is 25.0 Å². The second-order valence-electron chi connectivity index (χ2n) is 6.63. The molecule has 1 aliphatic heterocycles. The van der Waals surface area contributed by atoms with E-state index in [2.05, 4.69) is 29.3 Å². The third-order valence-electron chi connectivity index (χ3n) is 5.06. The summed E-state index contributed by atoms with van der Waals surface area (Å²) in [4.78, 5) is 8.90. The average molecular weight is 318 g/mol. The lowest BCUT2D eigenvalue weighted by Gasteiger charge is -2.26. The van der Waals surface area contributed by atoms with Crippen molar-refractivity contribution in [2.45, 2.75) is 31.2 Å². The van der Waals surface area contributed by atoms with E-state index >= 15 is 0 Å². The van der Waals surface area contributed by atoms with Gasteiger partial charge in [-0.05, 0) is 66.3 Å². The van der Waals surface area contributed by atoms with Crippen LogP contribution in [0.25, 0.3) is 0 Å². The van der Waals surface area contributed by atoms with E-state index in [9.17, 15) is 0 Å². The lowest BCUT2D eigenvalue weighted by atomic mass is 9.84. The summed E-state index contributed by atoms with van der Waals surface area (Å²) in [6.45, 7) is 0.824. The zero-order valence-corrected chi connectivity index (χ0v) is 13.8. The quantitative estimate of drug-likeness (QED) is 0.811. The molecule has 0 radical (unpaired) electrons. The second-order valence-corrected chi connectivity index (χ2v) is 6.63. The molecule has 1 aromatic carbocycles. The van der Waals surface area contributed by atoms with Gasteiger partial charge in [-0.3, -0.25) is 9.98 Å². The highest BCUT2D eigenvalue weighted by atomic mass is 16.5. The highest BCUT2D eigenvalue weighted by molar-refractivity contribution is 5.77. The van der Waals surface area contributed by atoms with Crippen molar-refractivity contribution in [3.63, 3.8) is 0 Å². The highest BCUT2D eigenvalue weighted by Crippen LogP contribution is 2.38. The van der Waals surface area contributed by atoms with Crippen LogP contribution >= 0.6 is 0 Å². The molecule has 1 atom stereocenters. The summed E-state index contributed by atoms with van der Waals surface area (Å²) >= 11 is 0. The SMILES string of the molecule is C1=CC(c2ccncc2)(c2cccc(OCC3CCCC3)c2)N=C1. The number of pyridine rings is 1. The van der Waals surface area contributed by atoms with Crippen LogP contribution in [0.2, 0.25) is 0 Å². The molecule has 2 aromatic rings. The van der Waals surface area contributed by atoms with Gasteiger partial charge in [0.2, 0.25) is 0 Å². The first-order chi connectivity index (χ1) is 11.9. The van der Waals surface area contributed by atoms with Gasteiger partial charge in [0, 0.05) is 18.6 Å². The summed E-state index contributed by atoms with van der Waals surface area (Å²) in [5.74, 6) is 1.65. The van der Waals surface area contributed by atoms with Crippen molar-refractivity contribution < 1.29 is 4.74 Å². The van der Waals surface area contributed by atoms with Crippen LogP contribution in [0.3, 0.4) is 0 Å². The van der Waals surface area contributed by atoms with Crippen LogP contribution in [-0.4, -0.2) is 17.8 Å². The minimum Gasteiger partial charge on any atom is -0.493 e. The zero-order chi connectivity index (χ0) is 16.2. The molecule has 2 aliphatic rings. The van der Waals surface area contributed by atoms with Crippen LogP contribution in [-0.2, 0) is 5.54 Å². The van der Waals surface area contributed by atoms with E-state index in [1.807, 2.05) is 42.9 Å². The van der Waals surface area contributed by atoms with Gasteiger partial charge in [-0.25, -0.2) is 0 Å². The second kappa shape index (κ2) is 6.60. The number of benzene rings is 1. The molecule has 1 saturated carbocycles. The number of allylic oxidation sites excluding steroid dienone is 1. The van der Waals surface area contributed by atoms with Gasteiger partial charge in [0.1, 0.15) is 11.3 Å². The summed E-state index contributed by atoms with van der Waals surface area (Å²) in [7, 11) is 0. The molecule has 1 aliphatic carbocycles. The van der Waals surface area contributed by atoms with Gasteiger partial charge in [0.05, 0.1) is 6.61 Å². The normalized spacial score (nSPS) is 23.0. The molecule has 1 fully saturated rings. The maximum atomic E-state index is 6.08. The van der Waals surface area contributed by atoms with Crippen molar-refractivity contribution in [1.82, 2.24) is 4.98 Å². The Kier molecular flexibility index (Phi) is 4.16. The van der Waals surface area contributed by atoms with Gasteiger partial charge < -0.3 is 4.74 Å². The smallest absolute Gasteiger partial charge is 0.129 e. The molecule has 1 unspecified atom stereocenters. The molecule has 24 heavy (non-hydrogen) atoms. The van der Waals surface area contributed by atoms with Gasteiger partial charge in [0.15, 0.2) is 0 Å². The third-order valence-corrected chi connectivity index (χ3v) is 5.06. The summed E-state index contributed by atoms with van der Waals surface area (Å²) < 4.78 is 6.08. The van der Waals surface area contributed by atoms with E-state index < -0.39 is 5.54 Å². The first-order valence-electron chi connectivity index (χ1n) is 8.74. The fourth-order valence-electron chi connectivity index (χ4n) is 3.71. The van der Waals surface area contributed by atoms with Crippen LogP contribution < -0.4 is 4.74 Å². The summed E-state index contributed by atoms with van der Waals surface area (Å²) in [5.41, 5.74) is 1.79. The highest BCUT2D eigenvalue weighted by Gasteiger charge is 2.32. The Bertz CT molecular complexity index is 733. The molecule has 3 heteroatoms. The Hall–Kier alpha value is -2.42. The molecule has 0 amide bonds. The van der Waals surface area contributed by atoms with Crippen molar-refractivity contribution in [3.8, 4) is 5.75 Å². The number of ether oxygens (including phenoxy) is 1.